The van der Waals surface area contributed by atoms with Gasteiger partial charge in [-0.1, -0.05) is 12.1 Å². The Morgan fingerprint density at radius 3 is 2.95 bits per heavy atom. The first-order chi connectivity index (χ1) is 9.78. The molecule has 1 aromatic heterocycles. The molecule has 0 fully saturated rings. The van der Waals surface area contributed by atoms with E-state index in [0.717, 1.165) is 40.9 Å². The van der Waals surface area contributed by atoms with Crippen LogP contribution in [0.3, 0.4) is 0 Å². The summed E-state index contributed by atoms with van der Waals surface area (Å²) in [6.07, 6.45) is 0.897. The number of ether oxygens (including phenoxy) is 1. The summed E-state index contributed by atoms with van der Waals surface area (Å²) in [5.41, 5.74) is 3.03. The van der Waals surface area contributed by atoms with E-state index >= 15 is 0 Å². The van der Waals surface area contributed by atoms with Crippen LogP contribution in [0, 0.1) is 0 Å². The van der Waals surface area contributed by atoms with E-state index in [4.69, 9.17) is 4.74 Å². The molecule has 1 aliphatic heterocycles. The Morgan fingerprint density at radius 2 is 2.15 bits per heavy atom. The Bertz CT molecular complexity index is 615. The summed E-state index contributed by atoms with van der Waals surface area (Å²) in [6.45, 7) is 1.68. The summed E-state index contributed by atoms with van der Waals surface area (Å²) in [7, 11) is 1.65. The Morgan fingerprint density at radius 1 is 1.30 bits per heavy atom. The van der Waals surface area contributed by atoms with Gasteiger partial charge in [0.05, 0.1) is 18.5 Å². The van der Waals surface area contributed by atoms with E-state index in [1.807, 2.05) is 24.3 Å². The first kappa shape index (κ1) is 13.3. The van der Waals surface area contributed by atoms with Crippen LogP contribution in [0.1, 0.15) is 11.3 Å². The fourth-order valence-corrected chi connectivity index (χ4v) is 2.62. The minimum Gasteiger partial charge on any atom is -0.481 e. The second kappa shape index (κ2) is 5.76. The second-order valence-corrected chi connectivity index (χ2v) is 5.37. The molecule has 6 heteroatoms. The van der Waals surface area contributed by atoms with Gasteiger partial charge in [0.1, 0.15) is 0 Å². The van der Waals surface area contributed by atoms with Gasteiger partial charge in [-0.25, -0.2) is 4.98 Å². The van der Waals surface area contributed by atoms with Crippen LogP contribution < -0.4 is 15.4 Å². The molecule has 0 atom stereocenters. The number of anilines is 2. The summed E-state index contributed by atoms with van der Waals surface area (Å²) in [5, 5.41) is 6.53. The molecule has 1 aromatic carbocycles. The zero-order valence-electron chi connectivity index (χ0n) is 11.1. The van der Waals surface area contributed by atoms with Crippen molar-refractivity contribution in [2.24, 2.45) is 0 Å². The van der Waals surface area contributed by atoms with Crippen LogP contribution in [0.2, 0.25) is 0 Å². The number of halogens is 1. The molecule has 2 aromatic rings. The van der Waals surface area contributed by atoms with Crippen LogP contribution in [-0.4, -0.2) is 23.6 Å². The number of nitrogens with zero attached hydrogens (tertiary/aromatic N) is 2. The average Bonchev–Trinajstić information content (AvgIpc) is 2.49. The lowest BCUT2D eigenvalue weighted by Crippen LogP contribution is -2.26. The Hall–Kier alpha value is -1.66. The highest BCUT2D eigenvalue weighted by molar-refractivity contribution is 9.10. The zero-order valence-corrected chi connectivity index (χ0v) is 12.7. The van der Waals surface area contributed by atoms with E-state index in [1.165, 1.54) is 0 Å². The molecule has 3 rings (SSSR count). The normalized spacial score (nSPS) is 13.7. The SMILES string of the molecule is COc1nc(Nc2ccccc2Br)nc2c1CCNC2. The fraction of sp³-hybridized carbons (Fsp3) is 0.286. The molecule has 5 nitrogen and oxygen atoms in total. The molecule has 20 heavy (non-hydrogen) atoms. The average molecular weight is 335 g/mol. The molecule has 0 unspecified atom stereocenters. The third-order valence-electron chi connectivity index (χ3n) is 3.21. The van der Waals surface area contributed by atoms with Crippen molar-refractivity contribution in [1.82, 2.24) is 15.3 Å². The first-order valence-electron chi connectivity index (χ1n) is 6.44. The number of fused-ring (bicyclic) bond motifs is 1. The molecule has 0 aliphatic carbocycles. The first-order valence-corrected chi connectivity index (χ1v) is 7.23. The highest BCUT2D eigenvalue weighted by Crippen LogP contribution is 2.27. The van der Waals surface area contributed by atoms with Gasteiger partial charge in [0.15, 0.2) is 0 Å². The van der Waals surface area contributed by atoms with Gasteiger partial charge in [-0.15, -0.1) is 0 Å². The molecule has 0 radical (unpaired) electrons. The highest BCUT2D eigenvalue weighted by atomic mass is 79.9. The van der Waals surface area contributed by atoms with E-state index in [1.54, 1.807) is 7.11 Å². The standard InChI is InChI=1S/C14H15BrN4O/c1-20-13-9-6-7-16-8-12(9)18-14(19-13)17-11-5-3-2-4-10(11)15/h2-5,16H,6-8H2,1H3,(H,17,18,19). The molecule has 0 saturated carbocycles. The van der Waals surface area contributed by atoms with Crippen molar-refractivity contribution in [1.29, 1.82) is 0 Å². The molecule has 1 aliphatic rings. The summed E-state index contributed by atoms with van der Waals surface area (Å²) >= 11 is 3.50. The van der Waals surface area contributed by atoms with E-state index < -0.39 is 0 Å². The summed E-state index contributed by atoms with van der Waals surface area (Å²) in [4.78, 5) is 9.02. The van der Waals surface area contributed by atoms with E-state index in [-0.39, 0.29) is 0 Å². The zero-order chi connectivity index (χ0) is 13.9. The number of hydrogen-bond acceptors (Lipinski definition) is 5. The predicted octanol–water partition coefficient (Wildman–Crippen LogP) is 2.64. The van der Waals surface area contributed by atoms with Crippen molar-refractivity contribution in [3.05, 3.63) is 40.0 Å². The molecule has 0 saturated heterocycles. The lowest BCUT2D eigenvalue weighted by atomic mass is 10.1. The highest BCUT2D eigenvalue weighted by Gasteiger charge is 2.18. The number of aromatic nitrogens is 2. The third-order valence-corrected chi connectivity index (χ3v) is 3.90. The molecule has 2 N–H and O–H groups in total. The maximum Gasteiger partial charge on any atom is 0.230 e. The van der Waals surface area contributed by atoms with Crippen LogP contribution in [0.5, 0.6) is 5.88 Å². The summed E-state index contributed by atoms with van der Waals surface area (Å²) in [5.74, 6) is 1.21. The number of hydrogen-bond donors (Lipinski definition) is 2. The molecule has 2 heterocycles. The maximum atomic E-state index is 5.39. The van der Waals surface area contributed by atoms with Crippen molar-refractivity contribution >= 4 is 27.6 Å². The van der Waals surface area contributed by atoms with Crippen LogP contribution >= 0.6 is 15.9 Å². The number of benzene rings is 1. The largest absolute Gasteiger partial charge is 0.481 e. The van der Waals surface area contributed by atoms with Crippen molar-refractivity contribution in [2.45, 2.75) is 13.0 Å². The molecule has 104 valence electrons. The smallest absolute Gasteiger partial charge is 0.230 e. The number of nitrogens with one attached hydrogen (secondary N) is 2. The maximum absolute atomic E-state index is 5.39. The van der Waals surface area contributed by atoms with Gasteiger partial charge >= 0.3 is 0 Å². The van der Waals surface area contributed by atoms with Crippen LogP contribution in [0.15, 0.2) is 28.7 Å². The van der Waals surface area contributed by atoms with Gasteiger partial charge in [-0.2, -0.15) is 4.98 Å². The van der Waals surface area contributed by atoms with Crippen molar-refractivity contribution in [2.75, 3.05) is 19.0 Å². The Balaban J connectivity index is 1.96. The van der Waals surface area contributed by atoms with Crippen LogP contribution in [-0.2, 0) is 13.0 Å². The minimum absolute atomic E-state index is 0.552. The van der Waals surface area contributed by atoms with Gasteiger partial charge in [-0.05, 0) is 41.0 Å². The second-order valence-electron chi connectivity index (χ2n) is 4.51. The number of para-hydroxylation sites is 1. The van der Waals surface area contributed by atoms with E-state index in [9.17, 15) is 0 Å². The van der Waals surface area contributed by atoms with Crippen molar-refractivity contribution in [3.63, 3.8) is 0 Å². The molecule has 0 bridgehead atoms. The topological polar surface area (TPSA) is 59.1 Å². The van der Waals surface area contributed by atoms with Gasteiger partial charge in [-0.3, -0.25) is 0 Å². The van der Waals surface area contributed by atoms with Crippen LogP contribution in [0.25, 0.3) is 0 Å². The lowest BCUT2D eigenvalue weighted by molar-refractivity contribution is 0.387. The van der Waals surface area contributed by atoms with E-state index in [0.29, 0.717) is 11.8 Å². The van der Waals surface area contributed by atoms with Gasteiger partial charge in [0, 0.05) is 16.6 Å². The Labute approximate surface area is 125 Å². The molecular formula is C14H15BrN4O. The third kappa shape index (κ3) is 2.62. The van der Waals surface area contributed by atoms with Crippen molar-refractivity contribution < 1.29 is 4.74 Å². The summed E-state index contributed by atoms with van der Waals surface area (Å²) in [6, 6.07) is 7.87. The van der Waals surface area contributed by atoms with Crippen molar-refractivity contribution in [3.8, 4) is 5.88 Å². The van der Waals surface area contributed by atoms with E-state index in [2.05, 4.69) is 36.5 Å². The van der Waals surface area contributed by atoms with Gasteiger partial charge in [0.2, 0.25) is 11.8 Å². The van der Waals surface area contributed by atoms with Gasteiger partial charge in [0.25, 0.3) is 0 Å². The Kier molecular flexibility index (Phi) is 3.84. The van der Waals surface area contributed by atoms with Crippen LogP contribution in [0.4, 0.5) is 11.6 Å². The number of rotatable bonds is 3. The quantitative estimate of drug-likeness (QED) is 0.903. The monoisotopic (exact) mass is 334 g/mol. The predicted molar refractivity (Wildman–Crippen MR) is 81.4 cm³/mol. The lowest BCUT2D eigenvalue weighted by Gasteiger charge is -2.19. The molecule has 0 spiro atoms. The summed E-state index contributed by atoms with van der Waals surface area (Å²) < 4.78 is 6.36. The molecule has 0 amide bonds. The number of methoxy groups -OCH3 is 1. The molecular weight excluding hydrogens is 320 g/mol. The fourth-order valence-electron chi connectivity index (χ4n) is 2.23. The van der Waals surface area contributed by atoms with Gasteiger partial charge < -0.3 is 15.4 Å². The minimum atomic E-state index is 0.552.